The van der Waals surface area contributed by atoms with E-state index in [0.717, 1.165) is 18.5 Å². The van der Waals surface area contributed by atoms with E-state index in [-0.39, 0.29) is 28.4 Å². The molecule has 1 N–H and O–H groups in total. The Morgan fingerprint density at radius 3 is 2.97 bits per heavy atom. The zero-order valence-electron chi connectivity index (χ0n) is 16.1. The number of fused-ring (bicyclic) bond motifs is 1. The van der Waals surface area contributed by atoms with Crippen LogP contribution in [0.2, 0.25) is 5.02 Å². The fourth-order valence-electron chi connectivity index (χ4n) is 3.40. The second kappa shape index (κ2) is 8.08. The summed E-state index contributed by atoms with van der Waals surface area (Å²) in [6.45, 7) is 4.95. The summed E-state index contributed by atoms with van der Waals surface area (Å²) in [5, 5.41) is 8.06. The van der Waals surface area contributed by atoms with E-state index in [2.05, 4.69) is 20.4 Å². The van der Waals surface area contributed by atoms with Crippen molar-refractivity contribution >= 4 is 38.9 Å². The maximum Gasteiger partial charge on any atom is 0.294 e. The lowest BCUT2D eigenvalue weighted by Crippen LogP contribution is -2.43. The molecule has 4 rings (SSSR count). The average Bonchev–Trinajstić information content (AvgIpc) is 3.36. The van der Waals surface area contributed by atoms with Crippen LogP contribution in [0.15, 0.2) is 29.2 Å². The molecule has 0 saturated carbocycles. The Balaban J connectivity index is 1.58. The van der Waals surface area contributed by atoms with Crippen molar-refractivity contribution in [3.05, 3.63) is 51.2 Å². The van der Waals surface area contributed by atoms with Gasteiger partial charge in [0, 0.05) is 12.7 Å². The first-order chi connectivity index (χ1) is 14.0. The molecule has 8 nitrogen and oxygen atoms in total. The van der Waals surface area contributed by atoms with Gasteiger partial charge in [-0.3, -0.25) is 14.6 Å². The molecule has 1 aliphatic rings. The number of pyridine rings is 1. The van der Waals surface area contributed by atoms with Crippen molar-refractivity contribution < 1.29 is 4.79 Å². The van der Waals surface area contributed by atoms with Crippen LogP contribution < -0.4 is 15.8 Å². The number of anilines is 1. The summed E-state index contributed by atoms with van der Waals surface area (Å²) >= 11 is 7.50. The van der Waals surface area contributed by atoms with Crippen LogP contribution in [0.3, 0.4) is 0 Å². The zero-order chi connectivity index (χ0) is 20.5. The number of amides is 1. The Morgan fingerprint density at radius 1 is 1.41 bits per heavy atom. The Kier molecular flexibility index (Phi) is 5.51. The average molecular weight is 433 g/mol. The van der Waals surface area contributed by atoms with Crippen LogP contribution in [0.1, 0.15) is 44.0 Å². The molecule has 3 aromatic heterocycles. The summed E-state index contributed by atoms with van der Waals surface area (Å²) in [5.74, 6) is -0.0451. The molecule has 1 aliphatic heterocycles. The van der Waals surface area contributed by atoms with Crippen molar-refractivity contribution in [2.24, 2.45) is 0 Å². The third kappa shape index (κ3) is 3.84. The molecule has 0 spiro atoms. The SMILES string of the molecule is CC(C)c1nc2sc(N3CCCC3C(=O)NCc3ccccn3)nn2c(=O)c1Cl. The standard InChI is InChI=1S/C19H21ClN6O2S/c1-11(2)15-14(20)17(28)26-18(23-15)29-19(24-26)25-9-5-7-13(25)16(27)22-10-12-6-3-4-8-21-12/h3-4,6,8,11,13H,5,7,9-10H2,1-2H3,(H,22,27). The number of nitrogens with zero attached hydrogens (tertiary/aromatic N) is 5. The fraction of sp³-hybridized carbons (Fsp3) is 0.421. The van der Waals surface area contributed by atoms with E-state index in [1.807, 2.05) is 36.9 Å². The molecule has 0 radical (unpaired) electrons. The highest BCUT2D eigenvalue weighted by Gasteiger charge is 2.33. The van der Waals surface area contributed by atoms with Crippen molar-refractivity contribution in [3.63, 3.8) is 0 Å². The lowest BCUT2D eigenvalue weighted by molar-refractivity contribution is -0.122. The molecular weight excluding hydrogens is 412 g/mol. The Labute approximate surface area is 176 Å². The van der Waals surface area contributed by atoms with Gasteiger partial charge in [-0.25, -0.2) is 4.98 Å². The summed E-state index contributed by atoms with van der Waals surface area (Å²) in [6.07, 6.45) is 3.30. The minimum atomic E-state index is -0.377. The molecule has 1 saturated heterocycles. The first-order valence-corrected chi connectivity index (χ1v) is 10.7. The second-order valence-electron chi connectivity index (χ2n) is 7.24. The van der Waals surface area contributed by atoms with Crippen molar-refractivity contribution in [1.29, 1.82) is 0 Å². The van der Waals surface area contributed by atoms with Crippen molar-refractivity contribution in [2.75, 3.05) is 11.4 Å². The van der Waals surface area contributed by atoms with E-state index in [1.165, 1.54) is 15.9 Å². The highest BCUT2D eigenvalue weighted by Crippen LogP contribution is 2.30. The number of aromatic nitrogens is 4. The van der Waals surface area contributed by atoms with Gasteiger partial charge in [0.2, 0.25) is 16.0 Å². The zero-order valence-corrected chi connectivity index (χ0v) is 17.7. The van der Waals surface area contributed by atoms with E-state index < -0.39 is 0 Å². The van der Waals surface area contributed by atoms with Crippen LogP contribution in [0.25, 0.3) is 4.96 Å². The lowest BCUT2D eigenvalue weighted by atomic mass is 10.1. The Hall–Kier alpha value is -2.52. The third-order valence-corrected chi connectivity index (χ3v) is 6.19. The molecular formula is C19H21ClN6O2S. The molecule has 0 aromatic carbocycles. The van der Waals surface area contributed by atoms with E-state index in [9.17, 15) is 9.59 Å². The van der Waals surface area contributed by atoms with Gasteiger partial charge in [0.25, 0.3) is 5.56 Å². The van der Waals surface area contributed by atoms with Gasteiger partial charge in [0.05, 0.1) is 17.9 Å². The first-order valence-electron chi connectivity index (χ1n) is 9.49. The quantitative estimate of drug-likeness (QED) is 0.666. The predicted molar refractivity (Wildman–Crippen MR) is 113 cm³/mol. The number of carbonyl (C=O) groups is 1. The molecule has 10 heteroatoms. The van der Waals surface area contributed by atoms with E-state index >= 15 is 0 Å². The summed E-state index contributed by atoms with van der Waals surface area (Å²) in [6, 6.07) is 5.26. The number of nitrogens with one attached hydrogen (secondary N) is 1. The molecule has 4 heterocycles. The predicted octanol–water partition coefficient (Wildman–Crippen LogP) is 2.61. The molecule has 1 unspecified atom stereocenters. The molecule has 1 atom stereocenters. The largest absolute Gasteiger partial charge is 0.349 e. The highest BCUT2D eigenvalue weighted by atomic mass is 35.5. The molecule has 0 aliphatic carbocycles. The number of hydrogen-bond donors (Lipinski definition) is 1. The Morgan fingerprint density at radius 2 is 2.24 bits per heavy atom. The summed E-state index contributed by atoms with van der Waals surface area (Å²) < 4.78 is 1.23. The first kappa shape index (κ1) is 19.8. The van der Waals surface area contributed by atoms with Gasteiger partial charge in [-0.15, -0.1) is 5.10 Å². The van der Waals surface area contributed by atoms with Crippen LogP contribution in [-0.4, -0.2) is 38.1 Å². The van der Waals surface area contributed by atoms with Crippen molar-refractivity contribution in [2.45, 2.75) is 45.2 Å². The summed E-state index contributed by atoms with van der Waals surface area (Å²) in [5.41, 5.74) is 0.994. The molecule has 0 bridgehead atoms. The number of rotatable bonds is 5. The van der Waals surface area contributed by atoms with Crippen LogP contribution in [0, 0.1) is 0 Å². The topological polar surface area (TPSA) is 92.5 Å². The second-order valence-corrected chi connectivity index (χ2v) is 8.55. The van der Waals surface area contributed by atoms with Crippen molar-refractivity contribution in [3.8, 4) is 0 Å². The van der Waals surface area contributed by atoms with E-state index in [4.69, 9.17) is 11.6 Å². The molecule has 152 valence electrons. The lowest BCUT2D eigenvalue weighted by Gasteiger charge is -2.22. The summed E-state index contributed by atoms with van der Waals surface area (Å²) in [4.78, 5) is 36.5. The minimum Gasteiger partial charge on any atom is -0.349 e. The van der Waals surface area contributed by atoms with Gasteiger partial charge in [-0.1, -0.05) is 42.9 Å². The van der Waals surface area contributed by atoms with Gasteiger partial charge in [0.1, 0.15) is 11.1 Å². The number of carbonyl (C=O) groups excluding carboxylic acids is 1. The normalized spacial score (nSPS) is 16.7. The number of hydrogen-bond acceptors (Lipinski definition) is 7. The molecule has 29 heavy (non-hydrogen) atoms. The molecule has 1 fully saturated rings. The molecule has 1 amide bonds. The third-order valence-electron chi connectivity index (χ3n) is 4.89. The van der Waals surface area contributed by atoms with Crippen LogP contribution in [0.4, 0.5) is 5.13 Å². The Bertz CT molecular complexity index is 1100. The van der Waals surface area contributed by atoms with Gasteiger partial charge in [0.15, 0.2) is 0 Å². The van der Waals surface area contributed by atoms with E-state index in [0.29, 0.717) is 28.9 Å². The fourth-order valence-corrected chi connectivity index (χ4v) is 4.71. The molecule has 3 aromatic rings. The van der Waals surface area contributed by atoms with Crippen LogP contribution >= 0.6 is 22.9 Å². The van der Waals surface area contributed by atoms with Gasteiger partial charge in [-0.2, -0.15) is 4.52 Å². The number of halogens is 1. The summed E-state index contributed by atoms with van der Waals surface area (Å²) in [7, 11) is 0. The monoisotopic (exact) mass is 432 g/mol. The van der Waals surface area contributed by atoms with Crippen molar-refractivity contribution in [1.82, 2.24) is 24.9 Å². The van der Waals surface area contributed by atoms with Gasteiger partial charge < -0.3 is 10.2 Å². The maximum absolute atomic E-state index is 12.8. The smallest absolute Gasteiger partial charge is 0.294 e. The van der Waals surface area contributed by atoms with E-state index in [1.54, 1.807) is 6.20 Å². The van der Waals surface area contributed by atoms with Crippen LogP contribution in [0.5, 0.6) is 0 Å². The van der Waals surface area contributed by atoms with Gasteiger partial charge >= 0.3 is 0 Å². The van der Waals surface area contributed by atoms with Gasteiger partial charge in [-0.05, 0) is 30.9 Å². The minimum absolute atomic E-state index is 0.0302. The maximum atomic E-state index is 12.8. The van der Waals surface area contributed by atoms with Crippen LogP contribution in [-0.2, 0) is 11.3 Å². The highest BCUT2D eigenvalue weighted by molar-refractivity contribution is 7.20.